The van der Waals surface area contributed by atoms with Crippen molar-refractivity contribution in [3.8, 4) is 0 Å². The Morgan fingerprint density at radius 2 is 1.96 bits per heavy atom. The molecule has 144 valence electrons. The van der Waals surface area contributed by atoms with Gasteiger partial charge in [0.15, 0.2) is 11.6 Å². The normalized spacial score (nSPS) is 50.5. The molecule has 4 aliphatic carbocycles. The third-order valence-electron chi connectivity index (χ3n) is 8.74. The maximum atomic E-state index is 12.3. The predicted molar refractivity (Wildman–Crippen MR) is 98.2 cm³/mol. The average Bonchev–Trinajstić information content (AvgIpc) is 2.91. The average molecular weight is 360 g/mol. The van der Waals surface area contributed by atoms with Crippen molar-refractivity contribution < 1.29 is 19.8 Å². The van der Waals surface area contributed by atoms with Gasteiger partial charge in [-0.05, 0) is 73.2 Å². The smallest absolute Gasteiger partial charge is 0.161 e. The van der Waals surface area contributed by atoms with Crippen LogP contribution in [0.4, 0.5) is 0 Å². The molecule has 4 heteroatoms. The number of hydrogen-bond donors (Lipinski definition) is 2. The van der Waals surface area contributed by atoms with Crippen molar-refractivity contribution in [2.45, 2.75) is 65.4 Å². The summed E-state index contributed by atoms with van der Waals surface area (Å²) in [5.74, 6) is 1.10. The van der Waals surface area contributed by atoms with Gasteiger partial charge in [-0.15, -0.1) is 0 Å². The molecule has 8 atom stereocenters. The van der Waals surface area contributed by atoms with E-state index in [0.717, 1.165) is 32.1 Å². The zero-order valence-corrected chi connectivity index (χ0v) is 16.2. The second kappa shape index (κ2) is 6.00. The quantitative estimate of drug-likeness (QED) is 0.794. The summed E-state index contributed by atoms with van der Waals surface area (Å²) in [7, 11) is 0. The van der Waals surface area contributed by atoms with Crippen LogP contribution < -0.4 is 0 Å². The van der Waals surface area contributed by atoms with Gasteiger partial charge in [-0.3, -0.25) is 9.59 Å². The van der Waals surface area contributed by atoms with E-state index in [1.165, 1.54) is 5.57 Å². The second-order valence-corrected chi connectivity index (χ2v) is 9.96. The first-order valence-corrected chi connectivity index (χ1v) is 10.3. The first-order chi connectivity index (χ1) is 12.2. The van der Waals surface area contributed by atoms with Gasteiger partial charge in [-0.25, -0.2) is 0 Å². The van der Waals surface area contributed by atoms with E-state index >= 15 is 0 Å². The highest BCUT2D eigenvalue weighted by Crippen LogP contribution is 2.66. The number of carbonyl (C=O) groups is 2. The lowest BCUT2D eigenvalue weighted by atomic mass is 9.45. The molecule has 3 fully saturated rings. The molecule has 0 amide bonds. The van der Waals surface area contributed by atoms with Gasteiger partial charge in [0, 0.05) is 11.8 Å². The molecule has 2 N–H and O–H groups in total. The lowest BCUT2D eigenvalue weighted by molar-refractivity contribution is -0.148. The van der Waals surface area contributed by atoms with Crippen LogP contribution in [0, 0.1) is 40.4 Å². The van der Waals surface area contributed by atoms with Crippen LogP contribution in [0.25, 0.3) is 0 Å². The lowest BCUT2D eigenvalue weighted by Crippen LogP contribution is -2.57. The molecule has 0 saturated heterocycles. The second-order valence-electron chi connectivity index (χ2n) is 9.96. The molecule has 4 rings (SSSR count). The van der Waals surface area contributed by atoms with Gasteiger partial charge in [0.1, 0.15) is 6.61 Å². The fourth-order valence-electron chi connectivity index (χ4n) is 7.67. The van der Waals surface area contributed by atoms with Crippen LogP contribution >= 0.6 is 0 Å². The molecule has 4 aliphatic rings. The lowest BCUT2D eigenvalue weighted by Gasteiger charge is -2.60. The van der Waals surface area contributed by atoms with Gasteiger partial charge in [-0.2, -0.15) is 0 Å². The van der Waals surface area contributed by atoms with Crippen molar-refractivity contribution in [1.29, 1.82) is 0 Å². The molecule has 1 unspecified atom stereocenters. The fraction of sp³-hybridized carbons (Fsp3) is 0.818. The first-order valence-electron chi connectivity index (χ1n) is 10.3. The highest BCUT2D eigenvalue weighted by atomic mass is 16.3. The summed E-state index contributed by atoms with van der Waals surface area (Å²) in [5.41, 5.74) is 0.940. The van der Waals surface area contributed by atoms with Crippen molar-refractivity contribution in [3.05, 3.63) is 11.6 Å². The van der Waals surface area contributed by atoms with Crippen LogP contribution in [0.3, 0.4) is 0 Å². The van der Waals surface area contributed by atoms with Crippen LogP contribution in [0.2, 0.25) is 0 Å². The summed E-state index contributed by atoms with van der Waals surface area (Å²) >= 11 is 0. The standard InChI is InChI=1S/C22H32O4/c1-12-9-21(2)13(8-17(12)24)4-5-14-15-6-7-16(19(26)11-23)22(15,3)10-18(25)20(14)21/h8,12,14-16,18,20,23,25H,4-7,9-11H2,1-3H3/t12?,14-,15-,16+,18-,20+,21-,22-/m0/s1. The van der Waals surface area contributed by atoms with Crippen molar-refractivity contribution in [2.24, 2.45) is 40.4 Å². The Bertz CT molecular complexity index is 667. The summed E-state index contributed by atoms with van der Waals surface area (Å²) in [4.78, 5) is 24.6. The van der Waals surface area contributed by atoms with Gasteiger partial charge in [0.25, 0.3) is 0 Å². The zero-order chi connectivity index (χ0) is 18.9. The largest absolute Gasteiger partial charge is 0.393 e. The van der Waals surface area contributed by atoms with E-state index in [0.29, 0.717) is 18.3 Å². The van der Waals surface area contributed by atoms with E-state index in [4.69, 9.17) is 0 Å². The summed E-state index contributed by atoms with van der Waals surface area (Å²) < 4.78 is 0. The summed E-state index contributed by atoms with van der Waals surface area (Å²) in [6.07, 6.45) is 6.70. The molecular formula is C22H32O4. The molecule has 0 aliphatic heterocycles. The van der Waals surface area contributed by atoms with Crippen LogP contribution in [0.5, 0.6) is 0 Å². The highest BCUT2D eigenvalue weighted by Gasteiger charge is 2.63. The number of rotatable bonds is 2. The first kappa shape index (κ1) is 18.4. The highest BCUT2D eigenvalue weighted by molar-refractivity contribution is 5.93. The Labute approximate surface area is 156 Å². The SMILES string of the molecule is CC1C[C@@]2(C)C(=CC1=O)CC[C@@H]1[C@@H]2[C@@H](O)C[C@]2(C)[C@@H](C(=O)CO)CC[C@@H]12. The van der Waals surface area contributed by atoms with Crippen LogP contribution in [0.15, 0.2) is 11.6 Å². The molecule has 0 aromatic rings. The van der Waals surface area contributed by atoms with Gasteiger partial charge >= 0.3 is 0 Å². The molecular weight excluding hydrogens is 328 g/mol. The molecule has 0 heterocycles. The number of hydrogen-bond acceptors (Lipinski definition) is 4. The van der Waals surface area contributed by atoms with E-state index in [1.807, 2.05) is 13.0 Å². The molecule has 26 heavy (non-hydrogen) atoms. The molecule has 3 saturated carbocycles. The van der Waals surface area contributed by atoms with Crippen LogP contribution in [0.1, 0.15) is 59.3 Å². The van der Waals surface area contributed by atoms with Gasteiger partial charge in [-0.1, -0.05) is 26.3 Å². The number of fused-ring (bicyclic) bond motifs is 5. The summed E-state index contributed by atoms with van der Waals surface area (Å²) in [5, 5.41) is 20.7. The maximum Gasteiger partial charge on any atom is 0.161 e. The number of aliphatic hydroxyl groups is 2. The number of allylic oxidation sites excluding steroid dienone is 1. The van der Waals surface area contributed by atoms with Crippen molar-refractivity contribution >= 4 is 11.6 Å². The molecule has 4 nitrogen and oxygen atoms in total. The minimum absolute atomic E-state index is 0.0234. The number of aliphatic hydroxyl groups excluding tert-OH is 2. The van der Waals surface area contributed by atoms with Crippen molar-refractivity contribution in [3.63, 3.8) is 0 Å². The van der Waals surface area contributed by atoms with E-state index in [2.05, 4.69) is 13.8 Å². The molecule has 0 aromatic carbocycles. The Kier molecular flexibility index (Phi) is 4.24. The Morgan fingerprint density at radius 1 is 1.23 bits per heavy atom. The zero-order valence-electron chi connectivity index (χ0n) is 16.2. The predicted octanol–water partition coefficient (Wildman–Crippen LogP) is 2.91. The summed E-state index contributed by atoms with van der Waals surface area (Å²) in [6, 6.07) is 0. The monoisotopic (exact) mass is 360 g/mol. The third-order valence-corrected chi connectivity index (χ3v) is 8.74. The van der Waals surface area contributed by atoms with E-state index in [9.17, 15) is 19.8 Å². The third kappa shape index (κ3) is 2.34. The Morgan fingerprint density at radius 3 is 2.65 bits per heavy atom. The number of carbonyl (C=O) groups excluding carboxylic acids is 2. The number of Topliss-reactive ketones (excluding diaryl/α,β-unsaturated/α-hetero) is 1. The van der Waals surface area contributed by atoms with Crippen LogP contribution in [-0.2, 0) is 9.59 Å². The molecule has 0 spiro atoms. The maximum absolute atomic E-state index is 12.3. The van der Waals surface area contributed by atoms with Gasteiger partial charge < -0.3 is 10.2 Å². The Balaban J connectivity index is 1.71. The van der Waals surface area contributed by atoms with E-state index in [1.54, 1.807) is 0 Å². The fourth-order valence-corrected chi connectivity index (χ4v) is 7.67. The minimum Gasteiger partial charge on any atom is -0.393 e. The van der Waals surface area contributed by atoms with E-state index < -0.39 is 6.10 Å². The van der Waals surface area contributed by atoms with Crippen molar-refractivity contribution in [1.82, 2.24) is 0 Å². The van der Waals surface area contributed by atoms with Gasteiger partial charge in [0.05, 0.1) is 6.10 Å². The Hall–Kier alpha value is -1.00. The number of ketones is 2. The van der Waals surface area contributed by atoms with Gasteiger partial charge in [0.2, 0.25) is 0 Å². The molecule has 0 aromatic heterocycles. The van der Waals surface area contributed by atoms with E-state index in [-0.39, 0.29) is 46.8 Å². The van der Waals surface area contributed by atoms with Crippen molar-refractivity contribution in [2.75, 3.05) is 6.61 Å². The van der Waals surface area contributed by atoms with Crippen LogP contribution in [-0.4, -0.2) is 34.5 Å². The molecule has 0 radical (unpaired) electrons. The summed E-state index contributed by atoms with van der Waals surface area (Å²) in [6.45, 7) is 6.05. The topological polar surface area (TPSA) is 74.6 Å². The minimum atomic E-state index is -0.442. The molecule has 0 bridgehead atoms.